The Labute approximate surface area is 117 Å². The maximum absolute atomic E-state index is 12.4. The Balaban J connectivity index is 2.47. The topological polar surface area (TPSA) is 43.8 Å². The van der Waals surface area contributed by atoms with Gasteiger partial charge in [0.1, 0.15) is 0 Å². The van der Waals surface area contributed by atoms with Crippen LogP contribution in [-0.2, 0) is 4.79 Å². The molecule has 0 saturated carbocycles. The Morgan fingerprint density at radius 3 is 2.26 bits per heavy atom. The second kappa shape index (κ2) is 7.85. The number of hydrogen-bond donors (Lipinski definition) is 1. The molecule has 1 rings (SSSR count). The molecule has 1 aliphatic rings. The molecule has 4 nitrogen and oxygen atoms in total. The lowest BCUT2D eigenvalue weighted by atomic mass is 10.1. The van der Waals surface area contributed by atoms with E-state index >= 15 is 0 Å². The van der Waals surface area contributed by atoms with E-state index in [0.717, 1.165) is 32.6 Å². The number of amides is 1. The maximum Gasteiger partial charge on any atom is 0.236 e. The molecule has 1 heterocycles. The minimum atomic E-state index is 0.237. The van der Waals surface area contributed by atoms with Gasteiger partial charge in [-0.15, -0.1) is 0 Å². The van der Waals surface area contributed by atoms with Gasteiger partial charge in [-0.2, -0.15) is 0 Å². The Kier molecular flexibility index (Phi) is 6.80. The number of hydrogen-bond acceptors (Lipinski definition) is 3. The van der Waals surface area contributed by atoms with Crippen LogP contribution in [0.2, 0.25) is 0 Å². The summed E-state index contributed by atoms with van der Waals surface area (Å²) in [5, 5.41) is 9.14. The molecule has 1 N–H and O–H groups in total. The molecule has 1 unspecified atom stereocenters. The van der Waals surface area contributed by atoms with Gasteiger partial charge in [-0.3, -0.25) is 9.69 Å². The van der Waals surface area contributed by atoms with E-state index in [1.165, 1.54) is 0 Å². The molecule has 1 atom stereocenters. The van der Waals surface area contributed by atoms with E-state index in [1.807, 2.05) is 4.90 Å². The van der Waals surface area contributed by atoms with Crippen molar-refractivity contribution in [3.63, 3.8) is 0 Å². The van der Waals surface area contributed by atoms with Gasteiger partial charge < -0.3 is 10.0 Å². The first-order valence-corrected chi connectivity index (χ1v) is 7.53. The molecule has 0 aromatic carbocycles. The molecule has 1 amide bonds. The zero-order valence-electron chi connectivity index (χ0n) is 12.9. The monoisotopic (exact) mass is 270 g/mol. The number of aliphatic hydroxyl groups excluding tert-OH is 1. The number of carbonyl (C=O) groups is 1. The largest absolute Gasteiger partial charge is 0.396 e. The third-order valence-electron chi connectivity index (χ3n) is 3.51. The van der Waals surface area contributed by atoms with E-state index in [0.29, 0.717) is 24.3 Å². The van der Waals surface area contributed by atoms with Crippen molar-refractivity contribution < 1.29 is 9.90 Å². The van der Waals surface area contributed by atoms with Crippen LogP contribution in [0.4, 0.5) is 0 Å². The van der Waals surface area contributed by atoms with E-state index in [4.69, 9.17) is 5.11 Å². The Morgan fingerprint density at radius 1 is 1.26 bits per heavy atom. The summed E-state index contributed by atoms with van der Waals surface area (Å²) in [4.78, 5) is 16.6. The molecule has 4 heteroatoms. The van der Waals surface area contributed by atoms with Crippen LogP contribution in [-0.4, -0.2) is 60.1 Å². The van der Waals surface area contributed by atoms with E-state index in [9.17, 15) is 4.79 Å². The fraction of sp³-hybridized carbons (Fsp3) is 0.933. The van der Waals surface area contributed by atoms with Crippen molar-refractivity contribution in [2.24, 2.45) is 17.8 Å². The maximum atomic E-state index is 12.4. The van der Waals surface area contributed by atoms with Gasteiger partial charge in [0.15, 0.2) is 0 Å². The predicted octanol–water partition coefficient (Wildman–Crippen LogP) is 1.44. The second-order valence-corrected chi connectivity index (χ2v) is 6.66. The molecule has 1 saturated heterocycles. The lowest BCUT2D eigenvalue weighted by molar-refractivity contribution is -0.133. The number of aliphatic hydroxyl groups is 1. The van der Waals surface area contributed by atoms with Gasteiger partial charge in [-0.05, 0) is 30.7 Å². The molecular weight excluding hydrogens is 240 g/mol. The van der Waals surface area contributed by atoms with E-state index in [-0.39, 0.29) is 12.5 Å². The van der Waals surface area contributed by atoms with Gasteiger partial charge in [0.25, 0.3) is 0 Å². The first-order valence-electron chi connectivity index (χ1n) is 7.53. The third kappa shape index (κ3) is 5.91. The van der Waals surface area contributed by atoms with Gasteiger partial charge in [-0.25, -0.2) is 0 Å². The first-order chi connectivity index (χ1) is 8.92. The third-order valence-corrected chi connectivity index (χ3v) is 3.51. The Bertz CT molecular complexity index is 269. The van der Waals surface area contributed by atoms with Crippen molar-refractivity contribution in [3.8, 4) is 0 Å². The number of carbonyl (C=O) groups excluding carboxylic acids is 1. The average molecular weight is 270 g/mol. The van der Waals surface area contributed by atoms with E-state index in [1.54, 1.807) is 0 Å². The predicted molar refractivity (Wildman–Crippen MR) is 77.9 cm³/mol. The standard InChI is InChI=1S/C15H30N2O2/c1-12(2)7-17(8-13(3)4)15(19)10-16-6-5-14(9-16)11-18/h12-14,18H,5-11H2,1-4H3. The molecule has 112 valence electrons. The Morgan fingerprint density at radius 2 is 1.84 bits per heavy atom. The SMILES string of the molecule is CC(C)CN(CC(C)C)C(=O)CN1CCC(CO)C1. The van der Waals surface area contributed by atoms with Crippen LogP contribution in [0.1, 0.15) is 34.1 Å². The molecule has 0 radical (unpaired) electrons. The summed E-state index contributed by atoms with van der Waals surface area (Å²) in [5.74, 6) is 1.61. The van der Waals surface area contributed by atoms with Gasteiger partial charge in [0.05, 0.1) is 6.54 Å². The molecule has 1 fully saturated rings. The van der Waals surface area contributed by atoms with Crippen LogP contribution in [0.5, 0.6) is 0 Å². The molecule has 0 aliphatic carbocycles. The van der Waals surface area contributed by atoms with Gasteiger partial charge >= 0.3 is 0 Å². The van der Waals surface area contributed by atoms with Crippen LogP contribution in [0.25, 0.3) is 0 Å². The van der Waals surface area contributed by atoms with Crippen molar-refractivity contribution >= 4 is 5.91 Å². The van der Waals surface area contributed by atoms with Gasteiger partial charge in [0.2, 0.25) is 5.91 Å². The van der Waals surface area contributed by atoms with Crippen molar-refractivity contribution in [1.82, 2.24) is 9.80 Å². The fourth-order valence-corrected chi connectivity index (χ4v) is 2.66. The Hall–Kier alpha value is -0.610. The number of likely N-dealkylation sites (tertiary alicyclic amines) is 1. The van der Waals surface area contributed by atoms with Crippen LogP contribution < -0.4 is 0 Å². The fourth-order valence-electron chi connectivity index (χ4n) is 2.66. The molecule has 0 aromatic heterocycles. The molecule has 19 heavy (non-hydrogen) atoms. The molecular formula is C15H30N2O2. The van der Waals surface area contributed by atoms with E-state index < -0.39 is 0 Å². The summed E-state index contributed by atoms with van der Waals surface area (Å²) in [5.41, 5.74) is 0. The minimum Gasteiger partial charge on any atom is -0.396 e. The van der Waals surface area contributed by atoms with Crippen LogP contribution >= 0.6 is 0 Å². The van der Waals surface area contributed by atoms with Crippen molar-refractivity contribution in [3.05, 3.63) is 0 Å². The highest BCUT2D eigenvalue weighted by Crippen LogP contribution is 2.15. The highest BCUT2D eigenvalue weighted by Gasteiger charge is 2.25. The molecule has 0 bridgehead atoms. The van der Waals surface area contributed by atoms with Crippen molar-refractivity contribution in [2.75, 3.05) is 39.3 Å². The lowest BCUT2D eigenvalue weighted by Gasteiger charge is -2.28. The van der Waals surface area contributed by atoms with Crippen molar-refractivity contribution in [1.29, 1.82) is 0 Å². The zero-order valence-corrected chi connectivity index (χ0v) is 12.9. The zero-order chi connectivity index (χ0) is 14.4. The number of rotatable bonds is 7. The number of nitrogens with zero attached hydrogens (tertiary/aromatic N) is 2. The summed E-state index contributed by atoms with van der Waals surface area (Å²) in [6, 6.07) is 0. The van der Waals surface area contributed by atoms with Crippen LogP contribution in [0.3, 0.4) is 0 Å². The summed E-state index contributed by atoms with van der Waals surface area (Å²) in [6.45, 7) is 12.8. The van der Waals surface area contributed by atoms with Crippen molar-refractivity contribution in [2.45, 2.75) is 34.1 Å². The molecule has 0 spiro atoms. The summed E-state index contributed by atoms with van der Waals surface area (Å²) < 4.78 is 0. The quantitative estimate of drug-likeness (QED) is 0.761. The molecule has 1 aliphatic heterocycles. The summed E-state index contributed by atoms with van der Waals surface area (Å²) in [7, 11) is 0. The highest BCUT2D eigenvalue weighted by atomic mass is 16.3. The van der Waals surface area contributed by atoms with Gasteiger partial charge in [0, 0.05) is 26.2 Å². The van der Waals surface area contributed by atoms with E-state index in [2.05, 4.69) is 32.6 Å². The smallest absolute Gasteiger partial charge is 0.236 e. The normalized spacial score (nSPS) is 20.5. The minimum absolute atomic E-state index is 0.237. The average Bonchev–Trinajstić information content (AvgIpc) is 2.74. The summed E-state index contributed by atoms with van der Waals surface area (Å²) >= 11 is 0. The van der Waals surface area contributed by atoms with Gasteiger partial charge in [-0.1, -0.05) is 27.7 Å². The second-order valence-electron chi connectivity index (χ2n) is 6.66. The molecule has 0 aromatic rings. The van der Waals surface area contributed by atoms with Crippen LogP contribution in [0, 0.1) is 17.8 Å². The lowest BCUT2D eigenvalue weighted by Crippen LogP contribution is -2.43. The van der Waals surface area contributed by atoms with Crippen LogP contribution in [0.15, 0.2) is 0 Å². The first kappa shape index (κ1) is 16.4. The summed E-state index contributed by atoms with van der Waals surface area (Å²) in [6.07, 6.45) is 1.01. The highest BCUT2D eigenvalue weighted by molar-refractivity contribution is 5.78.